The molecule has 3 N–H and O–H groups in total. The number of hydrogen-bond acceptors (Lipinski definition) is 6. The van der Waals surface area contributed by atoms with E-state index in [-0.39, 0.29) is 16.7 Å². The topological polar surface area (TPSA) is 97.3 Å². The van der Waals surface area contributed by atoms with Gasteiger partial charge in [-0.2, -0.15) is 0 Å². The third-order valence-electron chi connectivity index (χ3n) is 6.44. The van der Waals surface area contributed by atoms with Crippen molar-refractivity contribution in [1.82, 2.24) is 10.3 Å². The molecule has 1 saturated heterocycles. The van der Waals surface area contributed by atoms with Gasteiger partial charge in [-0.25, -0.2) is 0 Å². The zero-order valence-corrected chi connectivity index (χ0v) is 18.6. The summed E-state index contributed by atoms with van der Waals surface area (Å²) in [6.07, 6.45) is 8.24. The first-order valence-corrected chi connectivity index (χ1v) is 11.4. The van der Waals surface area contributed by atoms with Crippen LogP contribution >= 0.6 is 15.9 Å². The van der Waals surface area contributed by atoms with Crippen LogP contribution in [0.3, 0.4) is 0 Å². The SMILES string of the molecule is N[C@@]1(c2cc(Br)ccn2)CCCCC1NC1CCCN(c2ccc([N+](=O)[O-])cc2)C1. The van der Waals surface area contributed by atoms with E-state index in [1.807, 2.05) is 30.5 Å². The number of nitrogens with two attached hydrogens (primary N) is 1. The van der Waals surface area contributed by atoms with Crippen LogP contribution in [-0.4, -0.2) is 35.1 Å². The molecule has 30 heavy (non-hydrogen) atoms. The van der Waals surface area contributed by atoms with Crippen LogP contribution in [0.25, 0.3) is 0 Å². The number of nitrogens with zero attached hydrogens (tertiary/aromatic N) is 3. The first-order valence-electron chi connectivity index (χ1n) is 10.6. The van der Waals surface area contributed by atoms with Gasteiger partial charge in [0.05, 0.1) is 16.2 Å². The lowest BCUT2D eigenvalue weighted by Gasteiger charge is -2.45. The van der Waals surface area contributed by atoms with Crippen molar-refractivity contribution in [3.63, 3.8) is 0 Å². The quantitative estimate of drug-likeness (QED) is 0.500. The third kappa shape index (κ3) is 4.50. The second-order valence-electron chi connectivity index (χ2n) is 8.42. The maximum atomic E-state index is 10.9. The minimum Gasteiger partial charge on any atom is -0.370 e. The van der Waals surface area contributed by atoms with Gasteiger partial charge in [-0.1, -0.05) is 28.8 Å². The van der Waals surface area contributed by atoms with Crippen molar-refractivity contribution < 1.29 is 4.92 Å². The molecule has 3 atom stereocenters. The molecule has 2 heterocycles. The van der Waals surface area contributed by atoms with E-state index in [1.54, 1.807) is 12.1 Å². The van der Waals surface area contributed by atoms with Crippen LogP contribution in [0.1, 0.15) is 44.2 Å². The van der Waals surface area contributed by atoms with Crippen LogP contribution in [0.2, 0.25) is 0 Å². The van der Waals surface area contributed by atoms with Crippen LogP contribution in [0.5, 0.6) is 0 Å². The van der Waals surface area contributed by atoms with Crippen molar-refractivity contribution in [2.24, 2.45) is 5.73 Å². The average Bonchev–Trinajstić information content (AvgIpc) is 2.76. The molecule has 0 spiro atoms. The van der Waals surface area contributed by atoms with Crippen molar-refractivity contribution in [2.45, 2.75) is 56.1 Å². The lowest BCUT2D eigenvalue weighted by atomic mass is 9.75. The standard InChI is InChI=1S/C22H28BrN5O2/c23-16-10-12-25-21(14-16)22(24)11-2-1-5-20(22)26-17-4-3-13-27(15-17)18-6-8-19(9-7-18)28(29)30/h6-10,12,14,17,20,26H,1-5,11,13,15,24H2/t17?,20?,22-/m0/s1. The number of benzene rings is 1. The number of non-ortho nitro benzene ring substituents is 1. The number of rotatable bonds is 5. The molecule has 1 aromatic carbocycles. The summed E-state index contributed by atoms with van der Waals surface area (Å²) in [6.45, 7) is 1.83. The summed E-state index contributed by atoms with van der Waals surface area (Å²) in [5, 5.41) is 14.8. The Morgan fingerprint density at radius 2 is 2.00 bits per heavy atom. The second-order valence-corrected chi connectivity index (χ2v) is 9.34. The fourth-order valence-electron chi connectivity index (χ4n) is 4.81. The Kier molecular flexibility index (Phi) is 6.36. The molecule has 2 aliphatic rings. The summed E-state index contributed by atoms with van der Waals surface area (Å²) in [4.78, 5) is 17.5. The number of nitrogens with one attached hydrogen (secondary N) is 1. The highest BCUT2D eigenvalue weighted by Gasteiger charge is 2.41. The van der Waals surface area contributed by atoms with Gasteiger partial charge in [0.2, 0.25) is 0 Å². The summed E-state index contributed by atoms with van der Waals surface area (Å²) in [5.74, 6) is 0. The summed E-state index contributed by atoms with van der Waals surface area (Å²) in [5.41, 5.74) is 8.60. The molecule has 7 nitrogen and oxygen atoms in total. The van der Waals surface area contributed by atoms with E-state index in [0.29, 0.717) is 6.04 Å². The van der Waals surface area contributed by atoms with Gasteiger partial charge in [0.15, 0.2) is 0 Å². The van der Waals surface area contributed by atoms with Crippen LogP contribution in [0, 0.1) is 10.1 Å². The van der Waals surface area contributed by atoms with Crippen LogP contribution < -0.4 is 16.0 Å². The first kappa shape index (κ1) is 21.2. The lowest BCUT2D eigenvalue weighted by Crippen LogP contribution is -2.61. The van der Waals surface area contributed by atoms with Gasteiger partial charge < -0.3 is 16.0 Å². The number of anilines is 1. The van der Waals surface area contributed by atoms with E-state index in [0.717, 1.165) is 61.0 Å². The van der Waals surface area contributed by atoms with Crippen LogP contribution in [0.4, 0.5) is 11.4 Å². The third-order valence-corrected chi connectivity index (χ3v) is 6.93. The number of pyridine rings is 1. The molecular formula is C22H28BrN5O2. The Hall–Kier alpha value is -2.03. The van der Waals surface area contributed by atoms with E-state index >= 15 is 0 Å². The number of halogens is 1. The monoisotopic (exact) mass is 473 g/mol. The normalized spacial score (nSPS) is 27.1. The van der Waals surface area contributed by atoms with Crippen molar-refractivity contribution in [1.29, 1.82) is 0 Å². The number of hydrogen-bond donors (Lipinski definition) is 2. The minimum atomic E-state index is -0.475. The van der Waals surface area contributed by atoms with Gasteiger partial charge in [0.1, 0.15) is 0 Å². The zero-order valence-electron chi connectivity index (χ0n) is 17.0. The molecule has 2 unspecified atom stereocenters. The highest BCUT2D eigenvalue weighted by Crippen LogP contribution is 2.36. The van der Waals surface area contributed by atoms with E-state index in [1.165, 1.54) is 6.42 Å². The predicted molar refractivity (Wildman–Crippen MR) is 122 cm³/mol. The maximum absolute atomic E-state index is 10.9. The Morgan fingerprint density at radius 1 is 1.20 bits per heavy atom. The molecular weight excluding hydrogens is 446 g/mol. The number of nitro groups is 1. The predicted octanol–water partition coefficient (Wildman–Crippen LogP) is 4.11. The molecule has 1 aromatic heterocycles. The fraction of sp³-hybridized carbons (Fsp3) is 0.500. The summed E-state index contributed by atoms with van der Waals surface area (Å²) in [7, 11) is 0. The molecule has 2 fully saturated rings. The van der Waals surface area contributed by atoms with Crippen LogP contribution in [0.15, 0.2) is 47.1 Å². The summed E-state index contributed by atoms with van der Waals surface area (Å²) in [6, 6.07) is 11.3. The Morgan fingerprint density at radius 3 is 2.73 bits per heavy atom. The molecule has 0 radical (unpaired) electrons. The number of aromatic nitrogens is 1. The summed E-state index contributed by atoms with van der Waals surface area (Å²) >= 11 is 3.55. The Labute approximate surface area is 185 Å². The van der Waals surface area contributed by atoms with Crippen LogP contribution in [-0.2, 0) is 5.54 Å². The van der Waals surface area contributed by atoms with E-state index in [2.05, 4.69) is 31.1 Å². The van der Waals surface area contributed by atoms with Gasteiger partial charge in [-0.3, -0.25) is 15.1 Å². The number of nitro benzene ring substituents is 1. The Balaban J connectivity index is 1.47. The molecule has 2 aromatic rings. The lowest BCUT2D eigenvalue weighted by molar-refractivity contribution is -0.384. The Bertz CT molecular complexity index is 893. The van der Waals surface area contributed by atoms with Gasteiger partial charge in [0, 0.05) is 53.7 Å². The molecule has 1 saturated carbocycles. The second kappa shape index (κ2) is 8.99. The minimum absolute atomic E-state index is 0.127. The van der Waals surface area contributed by atoms with Crippen molar-refractivity contribution in [3.8, 4) is 0 Å². The highest BCUT2D eigenvalue weighted by molar-refractivity contribution is 9.10. The van der Waals surface area contributed by atoms with E-state index in [4.69, 9.17) is 5.73 Å². The molecule has 4 rings (SSSR count). The number of piperidine rings is 1. The van der Waals surface area contributed by atoms with E-state index < -0.39 is 5.54 Å². The molecule has 8 heteroatoms. The van der Waals surface area contributed by atoms with Gasteiger partial charge in [0.25, 0.3) is 5.69 Å². The smallest absolute Gasteiger partial charge is 0.269 e. The maximum Gasteiger partial charge on any atom is 0.269 e. The molecule has 160 valence electrons. The average molecular weight is 474 g/mol. The van der Waals surface area contributed by atoms with Gasteiger partial charge >= 0.3 is 0 Å². The van der Waals surface area contributed by atoms with Crippen molar-refractivity contribution >= 4 is 27.3 Å². The molecule has 1 aliphatic heterocycles. The zero-order chi connectivity index (χ0) is 21.1. The molecule has 0 amide bonds. The molecule has 1 aliphatic carbocycles. The summed E-state index contributed by atoms with van der Waals surface area (Å²) < 4.78 is 1.00. The highest BCUT2D eigenvalue weighted by atomic mass is 79.9. The largest absolute Gasteiger partial charge is 0.370 e. The van der Waals surface area contributed by atoms with Gasteiger partial charge in [-0.15, -0.1) is 0 Å². The molecule has 0 bridgehead atoms. The van der Waals surface area contributed by atoms with Crippen molar-refractivity contribution in [2.75, 3.05) is 18.0 Å². The van der Waals surface area contributed by atoms with Crippen molar-refractivity contribution in [3.05, 3.63) is 62.9 Å². The first-order chi connectivity index (χ1) is 14.5. The fourth-order valence-corrected chi connectivity index (χ4v) is 5.15. The van der Waals surface area contributed by atoms with Gasteiger partial charge in [-0.05, 0) is 49.9 Å². The van der Waals surface area contributed by atoms with E-state index in [9.17, 15) is 10.1 Å².